The van der Waals surface area contributed by atoms with Crippen molar-refractivity contribution in [1.29, 1.82) is 0 Å². The molecule has 2 aliphatic heterocycles. The largest absolute Gasteiger partial charge is 0.357 e. The van der Waals surface area contributed by atoms with Crippen LogP contribution in [-0.2, 0) is 4.74 Å². The van der Waals surface area contributed by atoms with Crippen LogP contribution in [0.2, 0.25) is 0 Å². The van der Waals surface area contributed by atoms with Gasteiger partial charge in [0.05, 0.1) is 6.10 Å². The molecule has 6 fully saturated rings. The minimum atomic E-state index is -0.0220. The van der Waals surface area contributed by atoms with Gasteiger partial charge in [0.1, 0.15) is 5.72 Å². The molecule has 0 bridgehead atoms. The first-order valence-electron chi connectivity index (χ1n) is 19.1. The molecule has 6 rings (SSSR count). The predicted molar refractivity (Wildman–Crippen MR) is 176 cm³/mol. The minimum Gasteiger partial charge on any atom is -0.357 e. The summed E-state index contributed by atoms with van der Waals surface area (Å²) in [4.78, 5) is 0. The second-order valence-corrected chi connectivity index (χ2v) is 17.3. The molecule has 0 aromatic heterocycles. The van der Waals surface area contributed by atoms with Gasteiger partial charge in [-0.25, -0.2) is 0 Å². The van der Waals surface area contributed by atoms with E-state index in [1.54, 1.807) is 0 Å². The molecule has 13 atom stereocenters. The van der Waals surface area contributed by atoms with Crippen LogP contribution in [-0.4, -0.2) is 43.5 Å². The lowest BCUT2D eigenvalue weighted by atomic mass is 9.44. The Morgan fingerprint density at radius 3 is 2.40 bits per heavy atom. The van der Waals surface area contributed by atoms with Gasteiger partial charge in [0.2, 0.25) is 0 Å². The third-order valence-electron chi connectivity index (χ3n) is 14.9. The molecule has 0 radical (unpaired) electrons. The van der Waals surface area contributed by atoms with Gasteiger partial charge in [-0.1, -0.05) is 53.9 Å². The van der Waals surface area contributed by atoms with Crippen molar-refractivity contribution in [2.45, 2.75) is 168 Å². The van der Waals surface area contributed by atoms with E-state index in [-0.39, 0.29) is 5.72 Å². The Bertz CT molecular complexity index is 886. The first kappa shape index (κ1) is 31.8. The van der Waals surface area contributed by atoms with E-state index < -0.39 is 0 Å². The van der Waals surface area contributed by atoms with Crippen LogP contribution in [0, 0.1) is 52.3 Å². The average Bonchev–Trinajstić information content (AvgIpc) is 3.41. The Morgan fingerprint density at radius 2 is 1.64 bits per heavy atom. The number of hydrogen-bond acceptors (Lipinski definition) is 4. The number of nitrogens with one attached hydrogen (secondary N) is 3. The minimum absolute atomic E-state index is 0.0220. The van der Waals surface area contributed by atoms with E-state index in [9.17, 15) is 0 Å². The molecule has 4 heteroatoms. The highest BCUT2D eigenvalue weighted by molar-refractivity contribution is 5.16. The third-order valence-corrected chi connectivity index (χ3v) is 14.9. The van der Waals surface area contributed by atoms with Gasteiger partial charge in [-0.05, 0) is 150 Å². The summed E-state index contributed by atoms with van der Waals surface area (Å²) in [7, 11) is 0. The monoisotopic (exact) mass is 584 g/mol. The molecule has 242 valence electrons. The molecule has 4 nitrogen and oxygen atoms in total. The van der Waals surface area contributed by atoms with Crippen LogP contribution in [0.25, 0.3) is 0 Å². The van der Waals surface area contributed by atoms with Crippen molar-refractivity contribution in [3.8, 4) is 0 Å². The second kappa shape index (κ2) is 12.9. The van der Waals surface area contributed by atoms with Gasteiger partial charge in [-0.3, -0.25) is 5.32 Å². The normalized spacial score (nSPS) is 48.9. The average molecular weight is 584 g/mol. The van der Waals surface area contributed by atoms with Crippen LogP contribution in [0.1, 0.15) is 144 Å². The second-order valence-electron chi connectivity index (χ2n) is 17.3. The molecule has 0 aromatic carbocycles. The zero-order valence-corrected chi connectivity index (χ0v) is 28.6. The van der Waals surface area contributed by atoms with Crippen molar-refractivity contribution in [3.05, 3.63) is 0 Å². The van der Waals surface area contributed by atoms with E-state index in [1.165, 1.54) is 116 Å². The number of hydrogen-bond donors (Lipinski definition) is 3. The molecular weight excluding hydrogens is 514 g/mol. The summed E-state index contributed by atoms with van der Waals surface area (Å²) in [6.07, 6.45) is 22.7. The Morgan fingerprint density at radius 1 is 0.857 bits per heavy atom. The van der Waals surface area contributed by atoms with Crippen molar-refractivity contribution in [2.24, 2.45) is 52.3 Å². The highest BCUT2D eigenvalue weighted by Crippen LogP contribution is 2.71. The molecule has 2 saturated heterocycles. The summed E-state index contributed by atoms with van der Waals surface area (Å²) in [6.45, 7) is 18.6. The Hall–Kier alpha value is -0.160. The molecule has 0 aromatic rings. The highest BCUT2D eigenvalue weighted by Gasteiger charge is 2.68. The van der Waals surface area contributed by atoms with Crippen LogP contribution < -0.4 is 16.0 Å². The molecule has 0 amide bonds. The quantitative estimate of drug-likeness (QED) is 0.214. The van der Waals surface area contributed by atoms with Gasteiger partial charge >= 0.3 is 0 Å². The van der Waals surface area contributed by atoms with E-state index in [1.807, 2.05) is 0 Å². The molecule has 4 saturated carbocycles. The van der Waals surface area contributed by atoms with Crippen LogP contribution in [0.5, 0.6) is 0 Å². The Balaban J connectivity index is 0.974. The maximum absolute atomic E-state index is 7.13. The maximum atomic E-state index is 7.13. The SMILES string of the molecule is CCCC(C)NCCCCCCNC1CCC2(C)C(CCC3C2CCC2(C)C3CC3OC4(CCC(C)CN4)C(C)C32)C1. The lowest BCUT2D eigenvalue weighted by molar-refractivity contribution is -0.134. The number of ether oxygens (including phenoxy) is 1. The van der Waals surface area contributed by atoms with Crippen molar-refractivity contribution >= 4 is 0 Å². The molecule has 1 spiro atoms. The number of fused-ring (bicyclic) bond motifs is 7. The Labute approximate surface area is 260 Å². The fourth-order valence-corrected chi connectivity index (χ4v) is 12.4. The summed E-state index contributed by atoms with van der Waals surface area (Å²) < 4.78 is 7.13. The van der Waals surface area contributed by atoms with Gasteiger partial charge in [0, 0.05) is 24.5 Å². The van der Waals surface area contributed by atoms with E-state index in [4.69, 9.17) is 4.74 Å². The smallest absolute Gasteiger partial charge is 0.122 e. The fourth-order valence-electron chi connectivity index (χ4n) is 12.4. The van der Waals surface area contributed by atoms with Crippen molar-refractivity contribution in [3.63, 3.8) is 0 Å². The summed E-state index contributed by atoms with van der Waals surface area (Å²) >= 11 is 0. The Kier molecular flexibility index (Phi) is 9.78. The van der Waals surface area contributed by atoms with Crippen LogP contribution >= 0.6 is 0 Å². The molecule has 13 unspecified atom stereocenters. The predicted octanol–water partition coefficient (Wildman–Crippen LogP) is 8.30. The van der Waals surface area contributed by atoms with Crippen molar-refractivity contribution < 1.29 is 4.74 Å². The molecule has 2 heterocycles. The van der Waals surface area contributed by atoms with Gasteiger partial charge in [-0.2, -0.15) is 0 Å². The third kappa shape index (κ3) is 5.79. The molecular formula is C38H69N3O. The zero-order valence-electron chi connectivity index (χ0n) is 28.6. The van der Waals surface area contributed by atoms with Gasteiger partial charge < -0.3 is 15.4 Å². The number of piperidine rings is 1. The summed E-state index contributed by atoms with van der Waals surface area (Å²) in [5.74, 6) is 5.96. The summed E-state index contributed by atoms with van der Waals surface area (Å²) in [6, 6.07) is 1.46. The highest BCUT2D eigenvalue weighted by atomic mass is 16.5. The first-order chi connectivity index (χ1) is 20.2. The number of unbranched alkanes of at least 4 members (excludes halogenated alkanes) is 3. The van der Waals surface area contributed by atoms with Crippen LogP contribution in [0.3, 0.4) is 0 Å². The summed E-state index contributed by atoms with van der Waals surface area (Å²) in [5.41, 5.74) is 1.05. The standard InChI is InChI=1S/C38H69N3O/c1-7-12-27(3)39-21-10-8-9-11-22-40-30-16-18-36(5)29(23-30)13-14-31-32(36)17-19-37(6)33(31)24-34-35(37)28(4)38(42-34)20-15-26(2)25-41-38/h26-35,39-41H,7-25H2,1-6H3. The topological polar surface area (TPSA) is 45.3 Å². The van der Waals surface area contributed by atoms with E-state index in [0.717, 1.165) is 48.1 Å². The van der Waals surface area contributed by atoms with E-state index >= 15 is 0 Å². The van der Waals surface area contributed by atoms with Gasteiger partial charge in [0.25, 0.3) is 0 Å². The zero-order chi connectivity index (χ0) is 29.5. The van der Waals surface area contributed by atoms with E-state index in [2.05, 4.69) is 57.5 Å². The summed E-state index contributed by atoms with van der Waals surface area (Å²) in [5, 5.41) is 11.7. The van der Waals surface area contributed by atoms with Crippen LogP contribution in [0.15, 0.2) is 0 Å². The molecule has 6 aliphatic rings. The van der Waals surface area contributed by atoms with Crippen molar-refractivity contribution in [2.75, 3.05) is 19.6 Å². The van der Waals surface area contributed by atoms with Gasteiger partial charge in [-0.15, -0.1) is 0 Å². The van der Waals surface area contributed by atoms with Crippen LogP contribution in [0.4, 0.5) is 0 Å². The van der Waals surface area contributed by atoms with Gasteiger partial charge in [0.15, 0.2) is 0 Å². The number of rotatable bonds is 11. The lowest BCUT2D eigenvalue weighted by Gasteiger charge is -2.61. The van der Waals surface area contributed by atoms with E-state index in [0.29, 0.717) is 28.9 Å². The molecule has 42 heavy (non-hydrogen) atoms. The lowest BCUT2D eigenvalue weighted by Crippen LogP contribution is -2.58. The first-order valence-corrected chi connectivity index (χ1v) is 19.1. The molecule has 3 N–H and O–H groups in total. The van der Waals surface area contributed by atoms with Crippen molar-refractivity contribution in [1.82, 2.24) is 16.0 Å². The fraction of sp³-hybridized carbons (Fsp3) is 1.00. The maximum Gasteiger partial charge on any atom is 0.122 e. The molecule has 4 aliphatic carbocycles.